The van der Waals surface area contributed by atoms with Crippen molar-refractivity contribution in [2.75, 3.05) is 25.1 Å². The highest BCUT2D eigenvalue weighted by atomic mass is 19.1. The molecule has 0 spiro atoms. The molecule has 1 aromatic rings. The third-order valence-electron chi connectivity index (χ3n) is 2.56. The summed E-state index contributed by atoms with van der Waals surface area (Å²) in [5.74, 6) is -2.02. The molecule has 3 N–H and O–H groups in total. The lowest BCUT2D eigenvalue weighted by Gasteiger charge is -2.09. The van der Waals surface area contributed by atoms with E-state index in [2.05, 4.69) is 10.6 Å². The SMILES string of the molecule is CCCOCCCNC(=O)Nc1ccc(C(=O)O)cc1F. The number of aromatic carboxylic acids is 1. The van der Waals surface area contributed by atoms with Crippen LogP contribution in [0.4, 0.5) is 14.9 Å². The molecule has 0 heterocycles. The van der Waals surface area contributed by atoms with Crippen molar-refractivity contribution in [3.05, 3.63) is 29.6 Å². The number of anilines is 1. The Balaban J connectivity index is 2.36. The minimum Gasteiger partial charge on any atom is -0.478 e. The first-order valence-electron chi connectivity index (χ1n) is 6.70. The molecule has 0 aliphatic heterocycles. The molecule has 0 fully saturated rings. The lowest BCUT2D eigenvalue weighted by Crippen LogP contribution is -2.30. The maximum absolute atomic E-state index is 13.6. The van der Waals surface area contributed by atoms with E-state index in [4.69, 9.17) is 9.84 Å². The van der Waals surface area contributed by atoms with Gasteiger partial charge in [-0.05, 0) is 31.0 Å². The van der Waals surface area contributed by atoms with Crippen molar-refractivity contribution < 1.29 is 23.8 Å². The lowest BCUT2D eigenvalue weighted by atomic mass is 10.2. The first-order chi connectivity index (χ1) is 10.0. The number of halogens is 1. The van der Waals surface area contributed by atoms with Gasteiger partial charge in [-0.2, -0.15) is 0 Å². The van der Waals surface area contributed by atoms with Crippen LogP contribution >= 0.6 is 0 Å². The topological polar surface area (TPSA) is 87.7 Å². The molecule has 0 saturated heterocycles. The summed E-state index contributed by atoms with van der Waals surface area (Å²) in [5, 5.41) is 13.6. The number of carbonyl (C=O) groups excluding carboxylic acids is 1. The maximum atomic E-state index is 13.6. The maximum Gasteiger partial charge on any atom is 0.335 e. The highest BCUT2D eigenvalue weighted by Crippen LogP contribution is 2.15. The van der Waals surface area contributed by atoms with Crippen LogP contribution in [0.15, 0.2) is 18.2 Å². The lowest BCUT2D eigenvalue weighted by molar-refractivity contribution is 0.0696. The van der Waals surface area contributed by atoms with E-state index in [1.54, 1.807) is 0 Å². The molecule has 2 amide bonds. The van der Waals surface area contributed by atoms with Crippen LogP contribution in [0, 0.1) is 5.82 Å². The first-order valence-corrected chi connectivity index (χ1v) is 6.70. The largest absolute Gasteiger partial charge is 0.478 e. The fraction of sp³-hybridized carbons (Fsp3) is 0.429. The number of nitrogens with one attached hydrogen (secondary N) is 2. The molecule has 0 radical (unpaired) electrons. The first kappa shape index (κ1) is 16.9. The van der Waals surface area contributed by atoms with Gasteiger partial charge in [-0.15, -0.1) is 0 Å². The molecule has 21 heavy (non-hydrogen) atoms. The monoisotopic (exact) mass is 298 g/mol. The van der Waals surface area contributed by atoms with Crippen molar-refractivity contribution in [3.63, 3.8) is 0 Å². The second-order valence-corrected chi connectivity index (χ2v) is 4.35. The van der Waals surface area contributed by atoms with Crippen LogP contribution in [-0.2, 0) is 4.74 Å². The number of benzene rings is 1. The normalized spacial score (nSPS) is 10.2. The number of amides is 2. The summed E-state index contributed by atoms with van der Waals surface area (Å²) in [4.78, 5) is 22.2. The zero-order valence-electron chi connectivity index (χ0n) is 11.8. The highest BCUT2D eigenvalue weighted by Gasteiger charge is 2.10. The molecule has 0 atom stereocenters. The Labute approximate surface area is 122 Å². The molecule has 0 unspecified atom stereocenters. The van der Waals surface area contributed by atoms with Crippen LogP contribution < -0.4 is 10.6 Å². The smallest absolute Gasteiger partial charge is 0.335 e. The third kappa shape index (κ3) is 6.22. The van der Waals surface area contributed by atoms with Gasteiger partial charge in [0, 0.05) is 19.8 Å². The van der Waals surface area contributed by atoms with Crippen molar-refractivity contribution in [2.24, 2.45) is 0 Å². The van der Waals surface area contributed by atoms with Gasteiger partial charge in [0.2, 0.25) is 0 Å². The molecule has 7 heteroatoms. The quantitative estimate of drug-likeness (QED) is 0.643. The van der Waals surface area contributed by atoms with Crippen molar-refractivity contribution in [3.8, 4) is 0 Å². The summed E-state index contributed by atoms with van der Waals surface area (Å²) >= 11 is 0. The second-order valence-electron chi connectivity index (χ2n) is 4.35. The van der Waals surface area contributed by atoms with Crippen LogP contribution in [0.5, 0.6) is 0 Å². The number of hydrogen-bond donors (Lipinski definition) is 3. The van der Waals surface area contributed by atoms with E-state index < -0.39 is 17.8 Å². The van der Waals surface area contributed by atoms with Crippen molar-refractivity contribution in [1.82, 2.24) is 5.32 Å². The minimum absolute atomic E-state index is 0.0697. The number of hydrogen-bond acceptors (Lipinski definition) is 3. The molecular weight excluding hydrogens is 279 g/mol. The summed E-state index contributed by atoms with van der Waals surface area (Å²) < 4.78 is 18.8. The molecule has 0 saturated carbocycles. The van der Waals surface area contributed by atoms with Crippen LogP contribution in [0.1, 0.15) is 30.1 Å². The van der Waals surface area contributed by atoms with Gasteiger partial charge in [-0.25, -0.2) is 14.0 Å². The van der Waals surface area contributed by atoms with E-state index in [1.807, 2.05) is 6.92 Å². The summed E-state index contributed by atoms with van der Waals surface area (Å²) in [6, 6.07) is 2.74. The van der Waals surface area contributed by atoms with Crippen molar-refractivity contribution in [1.29, 1.82) is 0 Å². The molecule has 0 aliphatic rings. The summed E-state index contributed by atoms with van der Waals surface area (Å²) in [6.07, 6.45) is 1.60. The molecular formula is C14H19FN2O4. The van der Waals surface area contributed by atoms with Gasteiger partial charge in [0.05, 0.1) is 11.3 Å². The van der Waals surface area contributed by atoms with Crippen LogP contribution in [0.3, 0.4) is 0 Å². The number of urea groups is 1. The molecule has 0 aliphatic carbocycles. The molecule has 0 aromatic heterocycles. The van der Waals surface area contributed by atoms with E-state index in [1.165, 1.54) is 12.1 Å². The van der Waals surface area contributed by atoms with Crippen molar-refractivity contribution in [2.45, 2.75) is 19.8 Å². The van der Waals surface area contributed by atoms with E-state index in [0.29, 0.717) is 26.2 Å². The predicted molar refractivity (Wildman–Crippen MR) is 76.1 cm³/mol. The van der Waals surface area contributed by atoms with Gasteiger partial charge in [0.15, 0.2) is 0 Å². The average Bonchev–Trinajstić information content (AvgIpc) is 2.44. The minimum atomic E-state index is -1.23. The van der Waals surface area contributed by atoms with Crippen LogP contribution in [0.25, 0.3) is 0 Å². The molecule has 1 rings (SSSR count). The van der Waals surface area contributed by atoms with E-state index in [0.717, 1.165) is 12.5 Å². The van der Waals surface area contributed by atoms with Gasteiger partial charge in [0.25, 0.3) is 0 Å². The third-order valence-corrected chi connectivity index (χ3v) is 2.56. The predicted octanol–water partition coefficient (Wildman–Crippen LogP) is 2.46. The zero-order chi connectivity index (χ0) is 15.7. The average molecular weight is 298 g/mol. The van der Waals surface area contributed by atoms with Gasteiger partial charge in [-0.1, -0.05) is 6.92 Å². The van der Waals surface area contributed by atoms with Crippen LogP contribution in [0.2, 0.25) is 0 Å². The number of carboxylic acids is 1. The Bertz CT molecular complexity index is 494. The number of carbonyl (C=O) groups is 2. The Morgan fingerprint density at radius 3 is 2.71 bits per heavy atom. The standard InChI is InChI=1S/C14H19FN2O4/c1-2-7-21-8-3-6-16-14(20)17-12-5-4-10(13(18)19)9-11(12)15/h4-5,9H,2-3,6-8H2,1H3,(H,18,19)(H2,16,17,20). The fourth-order valence-corrected chi connectivity index (χ4v) is 1.54. The number of carboxylic acid groups (broad SMARTS) is 1. The number of ether oxygens (including phenoxy) is 1. The fourth-order valence-electron chi connectivity index (χ4n) is 1.54. The summed E-state index contributed by atoms with van der Waals surface area (Å²) in [5.41, 5.74) is -0.244. The van der Waals surface area contributed by atoms with Crippen LogP contribution in [-0.4, -0.2) is 36.9 Å². The Hall–Kier alpha value is -2.15. The number of rotatable bonds is 8. The molecule has 116 valence electrons. The molecule has 6 nitrogen and oxygen atoms in total. The van der Waals surface area contributed by atoms with Gasteiger partial charge < -0.3 is 20.5 Å². The second kappa shape index (κ2) is 8.91. The summed E-state index contributed by atoms with van der Waals surface area (Å²) in [7, 11) is 0. The summed E-state index contributed by atoms with van der Waals surface area (Å²) in [6.45, 7) is 3.66. The zero-order valence-corrected chi connectivity index (χ0v) is 11.8. The Kier molecular flexibility index (Phi) is 7.17. The molecule has 1 aromatic carbocycles. The van der Waals surface area contributed by atoms with Crippen molar-refractivity contribution >= 4 is 17.7 Å². The Morgan fingerprint density at radius 2 is 2.10 bits per heavy atom. The van der Waals surface area contributed by atoms with Gasteiger partial charge in [-0.3, -0.25) is 0 Å². The van der Waals surface area contributed by atoms with Gasteiger partial charge in [0.1, 0.15) is 5.82 Å². The van der Waals surface area contributed by atoms with Gasteiger partial charge >= 0.3 is 12.0 Å². The Morgan fingerprint density at radius 1 is 1.33 bits per heavy atom. The van der Waals surface area contributed by atoms with E-state index in [-0.39, 0.29) is 11.3 Å². The highest BCUT2D eigenvalue weighted by molar-refractivity contribution is 5.91. The van der Waals surface area contributed by atoms with E-state index >= 15 is 0 Å². The molecule has 0 bridgehead atoms. The van der Waals surface area contributed by atoms with E-state index in [9.17, 15) is 14.0 Å².